The number of methoxy groups -OCH3 is 1. The Labute approximate surface area is 138 Å². The van der Waals surface area contributed by atoms with Crippen molar-refractivity contribution in [3.63, 3.8) is 0 Å². The van der Waals surface area contributed by atoms with Gasteiger partial charge in [0.2, 0.25) is 0 Å². The normalized spacial score (nSPS) is 29.1. The standard InChI is InChI=1S/C19H26O4/c1-14-8-11-19(22-12-13-23-19)18(14,2)10-9-17(20)15-4-6-16(21-3)7-5-15/h4-7,14H,8-13H2,1-3H3/t14-,18-/m0/s1. The van der Waals surface area contributed by atoms with Crippen LogP contribution in [-0.4, -0.2) is 31.9 Å². The van der Waals surface area contributed by atoms with Crippen molar-refractivity contribution in [3.05, 3.63) is 29.8 Å². The first-order chi connectivity index (χ1) is 11.0. The van der Waals surface area contributed by atoms with Crippen LogP contribution in [0.15, 0.2) is 24.3 Å². The maximum Gasteiger partial charge on any atom is 0.174 e. The summed E-state index contributed by atoms with van der Waals surface area (Å²) in [5, 5.41) is 0. The number of hydrogen-bond donors (Lipinski definition) is 0. The Bertz CT molecular complexity index is 559. The molecule has 1 saturated heterocycles. The number of rotatable bonds is 5. The second kappa shape index (κ2) is 6.25. The third kappa shape index (κ3) is 2.79. The molecule has 4 nitrogen and oxygen atoms in total. The van der Waals surface area contributed by atoms with Crippen molar-refractivity contribution in [3.8, 4) is 5.75 Å². The summed E-state index contributed by atoms with van der Waals surface area (Å²) < 4.78 is 17.2. The fraction of sp³-hybridized carbons (Fsp3) is 0.632. The second-order valence-corrected chi connectivity index (χ2v) is 6.96. The lowest BCUT2D eigenvalue weighted by Crippen LogP contribution is -2.45. The Morgan fingerprint density at radius 1 is 1.26 bits per heavy atom. The minimum absolute atomic E-state index is 0.106. The lowest BCUT2D eigenvalue weighted by molar-refractivity contribution is -0.225. The molecule has 0 bridgehead atoms. The van der Waals surface area contributed by atoms with E-state index in [1.165, 1.54) is 0 Å². The number of benzene rings is 1. The molecular formula is C19H26O4. The second-order valence-electron chi connectivity index (χ2n) is 6.96. The molecule has 23 heavy (non-hydrogen) atoms. The van der Waals surface area contributed by atoms with Crippen molar-refractivity contribution in [2.45, 2.75) is 45.3 Å². The fourth-order valence-electron chi connectivity index (χ4n) is 4.05. The summed E-state index contributed by atoms with van der Waals surface area (Å²) in [6.45, 7) is 5.79. The highest BCUT2D eigenvalue weighted by Crippen LogP contribution is 2.57. The van der Waals surface area contributed by atoms with Crippen LogP contribution in [0.5, 0.6) is 5.75 Å². The molecule has 1 spiro atoms. The van der Waals surface area contributed by atoms with Gasteiger partial charge in [-0.3, -0.25) is 4.79 Å². The molecule has 1 aliphatic heterocycles. The predicted molar refractivity (Wildman–Crippen MR) is 87.7 cm³/mol. The third-order valence-corrected chi connectivity index (χ3v) is 5.90. The molecule has 3 rings (SSSR count). The van der Waals surface area contributed by atoms with Crippen molar-refractivity contribution < 1.29 is 19.0 Å². The van der Waals surface area contributed by atoms with E-state index in [0.717, 1.165) is 30.6 Å². The fourth-order valence-corrected chi connectivity index (χ4v) is 4.05. The number of carbonyl (C=O) groups is 1. The number of hydrogen-bond acceptors (Lipinski definition) is 4. The van der Waals surface area contributed by atoms with Gasteiger partial charge < -0.3 is 14.2 Å². The average Bonchev–Trinajstić information content (AvgIpc) is 3.15. The molecule has 1 aromatic carbocycles. The van der Waals surface area contributed by atoms with Crippen LogP contribution in [0.3, 0.4) is 0 Å². The van der Waals surface area contributed by atoms with Crippen molar-refractivity contribution in [2.75, 3.05) is 20.3 Å². The molecule has 0 aromatic heterocycles. The molecule has 0 radical (unpaired) electrons. The summed E-state index contributed by atoms with van der Waals surface area (Å²) in [5.74, 6) is 0.946. The number of ether oxygens (including phenoxy) is 3. The number of ketones is 1. The first-order valence-corrected chi connectivity index (χ1v) is 8.46. The van der Waals surface area contributed by atoms with Gasteiger partial charge in [-0.25, -0.2) is 0 Å². The number of Topliss-reactive ketones (excluding diaryl/α,β-unsaturated/α-hetero) is 1. The topological polar surface area (TPSA) is 44.8 Å². The van der Waals surface area contributed by atoms with Gasteiger partial charge in [-0.15, -0.1) is 0 Å². The summed E-state index contributed by atoms with van der Waals surface area (Å²) in [6.07, 6.45) is 3.33. The summed E-state index contributed by atoms with van der Waals surface area (Å²) in [4.78, 5) is 12.5. The van der Waals surface area contributed by atoms with Gasteiger partial charge in [0.15, 0.2) is 11.6 Å². The van der Waals surface area contributed by atoms with E-state index in [4.69, 9.17) is 14.2 Å². The molecule has 1 aliphatic carbocycles. The van der Waals surface area contributed by atoms with Crippen molar-refractivity contribution in [2.24, 2.45) is 11.3 Å². The molecular weight excluding hydrogens is 292 g/mol. The molecule has 126 valence electrons. The van der Waals surface area contributed by atoms with Crippen LogP contribution in [0.4, 0.5) is 0 Å². The molecule has 2 fully saturated rings. The van der Waals surface area contributed by atoms with E-state index in [2.05, 4.69) is 13.8 Å². The van der Waals surface area contributed by atoms with Crippen molar-refractivity contribution in [1.29, 1.82) is 0 Å². The molecule has 0 N–H and O–H groups in total. The van der Waals surface area contributed by atoms with Gasteiger partial charge in [-0.05, 0) is 43.0 Å². The maximum atomic E-state index is 12.5. The van der Waals surface area contributed by atoms with Gasteiger partial charge >= 0.3 is 0 Å². The van der Waals surface area contributed by atoms with E-state index in [0.29, 0.717) is 25.6 Å². The highest BCUT2D eigenvalue weighted by molar-refractivity contribution is 5.96. The largest absolute Gasteiger partial charge is 0.497 e. The van der Waals surface area contributed by atoms with E-state index < -0.39 is 5.79 Å². The molecule has 1 heterocycles. The molecule has 1 aromatic rings. The predicted octanol–water partition coefficient (Wildman–Crippen LogP) is 3.84. The van der Waals surface area contributed by atoms with Gasteiger partial charge in [0.25, 0.3) is 0 Å². The van der Waals surface area contributed by atoms with Crippen LogP contribution in [0.1, 0.15) is 49.9 Å². The Balaban J connectivity index is 1.69. The van der Waals surface area contributed by atoms with E-state index in [-0.39, 0.29) is 11.2 Å². The first-order valence-electron chi connectivity index (χ1n) is 8.46. The van der Waals surface area contributed by atoms with Crippen LogP contribution in [0, 0.1) is 11.3 Å². The van der Waals surface area contributed by atoms with Gasteiger partial charge in [-0.2, -0.15) is 0 Å². The molecule has 2 aliphatic rings. The van der Waals surface area contributed by atoms with Crippen LogP contribution in [0.25, 0.3) is 0 Å². The van der Waals surface area contributed by atoms with E-state index in [9.17, 15) is 4.79 Å². The maximum absolute atomic E-state index is 12.5. The molecule has 0 amide bonds. The highest BCUT2D eigenvalue weighted by Gasteiger charge is 2.59. The SMILES string of the molecule is COc1ccc(C(=O)CC[C@@]2(C)[C@@H](C)CCC23OCCO3)cc1. The zero-order chi connectivity index (χ0) is 16.5. The van der Waals surface area contributed by atoms with Gasteiger partial charge in [-0.1, -0.05) is 13.8 Å². The first kappa shape index (κ1) is 16.5. The molecule has 1 saturated carbocycles. The van der Waals surface area contributed by atoms with Gasteiger partial charge in [0.1, 0.15) is 5.75 Å². The number of carbonyl (C=O) groups excluding carboxylic acids is 1. The quantitative estimate of drug-likeness (QED) is 0.774. The molecule has 4 heteroatoms. The Morgan fingerprint density at radius 3 is 2.52 bits per heavy atom. The van der Waals surface area contributed by atoms with Gasteiger partial charge in [0.05, 0.1) is 20.3 Å². The van der Waals surface area contributed by atoms with Crippen molar-refractivity contribution >= 4 is 5.78 Å². The lowest BCUT2D eigenvalue weighted by atomic mass is 9.73. The monoisotopic (exact) mass is 318 g/mol. The summed E-state index contributed by atoms with van der Waals surface area (Å²) in [5.41, 5.74) is 0.633. The van der Waals surface area contributed by atoms with E-state index in [1.807, 2.05) is 24.3 Å². The van der Waals surface area contributed by atoms with Crippen LogP contribution >= 0.6 is 0 Å². The molecule has 0 unspecified atom stereocenters. The van der Waals surface area contributed by atoms with Crippen molar-refractivity contribution in [1.82, 2.24) is 0 Å². The summed E-state index contributed by atoms with van der Waals surface area (Å²) >= 11 is 0. The van der Waals surface area contributed by atoms with Gasteiger partial charge in [0, 0.05) is 23.8 Å². The zero-order valence-electron chi connectivity index (χ0n) is 14.3. The lowest BCUT2D eigenvalue weighted by Gasteiger charge is -2.41. The summed E-state index contributed by atoms with van der Waals surface area (Å²) in [7, 11) is 1.63. The highest BCUT2D eigenvalue weighted by atomic mass is 16.7. The smallest absolute Gasteiger partial charge is 0.174 e. The van der Waals surface area contributed by atoms with Crippen LogP contribution < -0.4 is 4.74 Å². The average molecular weight is 318 g/mol. The van der Waals surface area contributed by atoms with E-state index >= 15 is 0 Å². The minimum atomic E-state index is -0.480. The Hall–Kier alpha value is -1.39. The molecule has 2 atom stereocenters. The van der Waals surface area contributed by atoms with Crippen LogP contribution in [0.2, 0.25) is 0 Å². The van der Waals surface area contributed by atoms with Crippen LogP contribution in [-0.2, 0) is 9.47 Å². The Kier molecular flexibility index (Phi) is 4.47. The third-order valence-electron chi connectivity index (χ3n) is 5.90. The minimum Gasteiger partial charge on any atom is -0.497 e. The van der Waals surface area contributed by atoms with E-state index in [1.54, 1.807) is 7.11 Å². The summed E-state index contributed by atoms with van der Waals surface area (Å²) in [6, 6.07) is 7.33. The Morgan fingerprint density at radius 2 is 1.91 bits per heavy atom. The zero-order valence-corrected chi connectivity index (χ0v) is 14.3.